The molecule has 0 bridgehead atoms. The van der Waals surface area contributed by atoms with Gasteiger partial charge in [0.25, 0.3) is 0 Å². The average molecular weight is 355 g/mol. The number of halogens is 1. The van der Waals surface area contributed by atoms with Crippen molar-refractivity contribution in [2.75, 3.05) is 0 Å². The fourth-order valence-electron chi connectivity index (χ4n) is 4.62. The van der Waals surface area contributed by atoms with Gasteiger partial charge in [-0.1, -0.05) is 101 Å². The molecular formula is C25H35F. The molecule has 0 saturated heterocycles. The van der Waals surface area contributed by atoms with Crippen LogP contribution in [0.4, 0.5) is 4.39 Å². The fraction of sp³-hybridized carbons (Fsp3) is 0.600. The molecular weight excluding hydrogens is 319 g/mol. The zero-order chi connectivity index (χ0) is 18.2. The highest BCUT2D eigenvalue weighted by Gasteiger charge is 2.30. The Labute approximate surface area is 159 Å². The standard InChI is InChI=1S/C25H35F/c1-2-3-5-8-21-11-13-22(14-12-21)15-18-25(26)19-16-24(17-20-25)23-9-6-4-7-10-23/h4,6-7,9-10,16-17,19,21-22H,2-3,5,8,11-15,18,20H2,1H3. The number of alkyl halides is 1. The van der Waals surface area contributed by atoms with Gasteiger partial charge in [0.2, 0.25) is 0 Å². The Bertz CT molecular complexity index is 592. The first-order valence-corrected chi connectivity index (χ1v) is 10.8. The van der Waals surface area contributed by atoms with Crippen LogP contribution in [0.2, 0.25) is 0 Å². The zero-order valence-corrected chi connectivity index (χ0v) is 16.4. The first-order chi connectivity index (χ1) is 12.7. The van der Waals surface area contributed by atoms with Crippen molar-refractivity contribution in [2.45, 2.75) is 83.2 Å². The highest BCUT2D eigenvalue weighted by Crippen LogP contribution is 2.38. The predicted octanol–water partition coefficient (Wildman–Crippen LogP) is 7.91. The van der Waals surface area contributed by atoms with Crippen LogP contribution < -0.4 is 0 Å². The Morgan fingerprint density at radius 1 is 0.962 bits per heavy atom. The van der Waals surface area contributed by atoms with Gasteiger partial charge in [0.05, 0.1) is 0 Å². The monoisotopic (exact) mass is 354 g/mol. The quantitative estimate of drug-likeness (QED) is 0.416. The maximum atomic E-state index is 15.2. The molecule has 3 rings (SSSR count). The topological polar surface area (TPSA) is 0 Å². The lowest BCUT2D eigenvalue weighted by Crippen LogP contribution is -2.23. The Hall–Kier alpha value is -1.37. The Kier molecular flexibility index (Phi) is 7.11. The Morgan fingerprint density at radius 3 is 2.27 bits per heavy atom. The van der Waals surface area contributed by atoms with Crippen molar-refractivity contribution in [2.24, 2.45) is 11.8 Å². The van der Waals surface area contributed by atoms with Crippen LogP contribution in [0.5, 0.6) is 0 Å². The van der Waals surface area contributed by atoms with Crippen molar-refractivity contribution in [1.29, 1.82) is 0 Å². The lowest BCUT2D eigenvalue weighted by Gasteiger charge is -2.31. The fourth-order valence-corrected chi connectivity index (χ4v) is 4.62. The van der Waals surface area contributed by atoms with Crippen molar-refractivity contribution < 1.29 is 4.39 Å². The number of allylic oxidation sites excluding steroid dienone is 4. The lowest BCUT2D eigenvalue weighted by molar-refractivity contribution is 0.176. The molecule has 1 heteroatoms. The molecule has 1 aromatic rings. The van der Waals surface area contributed by atoms with Crippen LogP contribution in [-0.4, -0.2) is 5.67 Å². The minimum atomic E-state index is -1.13. The molecule has 1 unspecified atom stereocenters. The van der Waals surface area contributed by atoms with Gasteiger partial charge in [-0.05, 0) is 41.9 Å². The largest absolute Gasteiger partial charge is 0.239 e. The van der Waals surface area contributed by atoms with Crippen molar-refractivity contribution in [3.63, 3.8) is 0 Å². The van der Waals surface area contributed by atoms with E-state index in [0.29, 0.717) is 12.8 Å². The van der Waals surface area contributed by atoms with Gasteiger partial charge in [-0.3, -0.25) is 0 Å². The number of benzene rings is 1. The van der Waals surface area contributed by atoms with Gasteiger partial charge >= 0.3 is 0 Å². The molecule has 1 saturated carbocycles. The van der Waals surface area contributed by atoms with Gasteiger partial charge in [0.1, 0.15) is 5.67 Å². The van der Waals surface area contributed by atoms with Gasteiger partial charge in [0, 0.05) is 6.42 Å². The molecule has 0 aliphatic heterocycles. The number of rotatable bonds is 8. The van der Waals surface area contributed by atoms with E-state index in [1.165, 1.54) is 56.9 Å². The van der Waals surface area contributed by atoms with E-state index in [0.717, 1.165) is 23.8 Å². The number of unbranched alkanes of at least 4 members (excludes halogenated alkanes) is 2. The molecule has 26 heavy (non-hydrogen) atoms. The Balaban J connectivity index is 1.41. The summed E-state index contributed by atoms with van der Waals surface area (Å²) < 4.78 is 15.2. The minimum absolute atomic E-state index is 0.528. The molecule has 1 aromatic carbocycles. The molecule has 2 aliphatic rings. The van der Waals surface area contributed by atoms with Crippen LogP contribution in [0.3, 0.4) is 0 Å². The third-order valence-electron chi connectivity index (χ3n) is 6.48. The molecule has 1 atom stereocenters. The first kappa shape index (κ1) is 19.4. The van der Waals surface area contributed by atoms with Crippen molar-refractivity contribution in [1.82, 2.24) is 0 Å². The summed E-state index contributed by atoms with van der Waals surface area (Å²) in [6, 6.07) is 10.3. The van der Waals surface area contributed by atoms with E-state index in [2.05, 4.69) is 25.1 Å². The summed E-state index contributed by atoms with van der Waals surface area (Å²) in [6.45, 7) is 2.28. The van der Waals surface area contributed by atoms with E-state index in [4.69, 9.17) is 0 Å². The van der Waals surface area contributed by atoms with Crippen LogP contribution in [-0.2, 0) is 0 Å². The summed E-state index contributed by atoms with van der Waals surface area (Å²) in [5.41, 5.74) is 1.22. The molecule has 0 amide bonds. The van der Waals surface area contributed by atoms with E-state index in [-0.39, 0.29) is 0 Å². The van der Waals surface area contributed by atoms with E-state index in [1.54, 1.807) is 0 Å². The van der Waals surface area contributed by atoms with Crippen molar-refractivity contribution >= 4 is 5.57 Å². The highest BCUT2D eigenvalue weighted by molar-refractivity contribution is 5.75. The SMILES string of the molecule is CCCCCC1CCC(CCC2(F)C=CC(c3ccccc3)=CC2)CC1. The van der Waals surface area contributed by atoms with E-state index in [9.17, 15) is 0 Å². The third-order valence-corrected chi connectivity index (χ3v) is 6.48. The molecule has 0 radical (unpaired) electrons. The second-order valence-corrected chi connectivity index (χ2v) is 8.52. The normalized spacial score (nSPS) is 28.8. The van der Waals surface area contributed by atoms with Crippen LogP contribution in [0.1, 0.15) is 83.1 Å². The molecule has 0 heterocycles. The minimum Gasteiger partial charge on any atom is -0.239 e. The van der Waals surface area contributed by atoms with Crippen LogP contribution in [0, 0.1) is 11.8 Å². The van der Waals surface area contributed by atoms with Crippen LogP contribution >= 0.6 is 0 Å². The summed E-state index contributed by atoms with van der Waals surface area (Å²) in [5.74, 6) is 1.70. The van der Waals surface area contributed by atoms with Gasteiger partial charge < -0.3 is 0 Å². The second-order valence-electron chi connectivity index (χ2n) is 8.52. The second kappa shape index (κ2) is 9.53. The van der Waals surface area contributed by atoms with Gasteiger partial charge in [-0.2, -0.15) is 0 Å². The first-order valence-electron chi connectivity index (χ1n) is 10.8. The average Bonchev–Trinajstić information content (AvgIpc) is 2.69. The van der Waals surface area contributed by atoms with Gasteiger partial charge in [-0.15, -0.1) is 0 Å². The van der Waals surface area contributed by atoms with Crippen LogP contribution in [0.15, 0.2) is 48.6 Å². The van der Waals surface area contributed by atoms with Crippen molar-refractivity contribution in [3.05, 3.63) is 54.1 Å². The maximum Gasteiger partial charge on any atom is 0.132 e. The predicted molar refractivity (Wildman–Crippen MR) is 111 cm³/mol. The molecule has 0 nitrogen and oxygen atoms in total. The number of hydrogen-bond donors (Lipinski definition) is 0. The summed E-state index contributed by atoms with van der Waals surface area (Å²) in [4.78, 5) is 0. The molecule has 142 valence electrons. The summed E-state index contributed by atoms with van der Waals surface area (Å²) in [5, 5.41) is 0. The maximum absolute atomic E-state index is 15.2. The molecule has 2 aliphatic carbocycles. The van der Waals surface area contributed by atoms with Crippen molar-refractivity contribution in [3.8, 4) is 0 Å². The summed E-state index contributed by atoms with van der Waals surface area (Å²) >= 11 is 0. The summed E-state index contributed by atoms with van der Waals surface area (Å²) in [6.07, 6.45) is 19.1. The molecule has 0 aromatic heterocycles. The highest BCUT2D eigenvalue weighted by atomic mass is 19.1. The zero-order valence-electron chi connectivity index (χ0n) is 16.4. The van der Waals surface area contributed by atoms with Crippen LogP contribution in [0.25, 0.3) is 5.57 Å². The van der Waals surface area contributed by atoms with Gasteiger partial charge in [0.15, 0.2) is 0 Å². The van der Waals surface area contributed by atoms with E-state index >= 15 is 4.39 Å². The molecule has 0 spiro atoms. The molecule has 0 N–H and O–H groups in total. The smallest absolute Gasteiger partial charge is 0.132 e. The summed E-state index contributed by atoms with van der Waals surface area (Å²) in [7, 11) is 0. The Morgan fingerprint density at radius 2 is 1.65 bits per heavy atom. The lowest BCUT2D eigenvalue weighted by atomic mass is 9.76. The van der Waals surface area contributed by atoms with E-state index in [1.807, 2.05) is 30.4 Å². The van der Waals surface area contributed by atoms with E-state index < -0.39 is 5.67 Å². The number of hydrogen-bond acceptors (Lipinski definition) is 0. The molecule has 1 fully saturated rings. The van der Waals surface area contributed by atoms with Gasteiger partial charge in [-0.25, -0.2) is 4.39 Å². The third kappa shape index (κ3) is 5.56.